The highest BCUT2D eigenvalue weighted by Gasteiger charge is 2.15. The summed E-state index contributed by atoms with van der Waals surface area (Å²) in [6, 6.07) is 3.61. The van der Waals surface area contributed by atoms with Crippen LogP contribution in [-0.4, -0.2) is 10.8 Å². The van der Waals surface area contributed by atoms with Crippen LogP contribution in [-0.2, 0) is 0 Å². The number of nitrogens with two attached hydrogens (primary N) is 1. The van der Waals surface area contributed by atoms with Gasteiger partial charge in [0.25, 0.3) is 0 Å². The van der Waals surface area contributed by atoms with Crippen LogP contribution in [0.5, 0.6) is 0 Å². The van der Waals surface area contributed by atoms with Crippen molar-refractivity contribution in [2.75, 3.05) is 0 Å². The predicted octanol–water partition coefficient (Wildman–Crippen LogP) is 2.37. The van der Waals surface area contributed by atoms with E-state index in [0.717, 1.165) is 23.5 Å². The van der Waals surface area contributed by atoms with Crippen LogP contribution >= 0.6 is 11.3 Å². The zero-order valence-corrected chi connectivity index (χ0v) is 8.81. The summed E-state index contributed by atoms with van der Waals surface area (Å²) in [6.45, 7) is 0. The van der Waals surface area contributed by atoms with Gasteiger partial charge in [0.1, 0.15) is 22.5 Å². The molecule has 2 aromatic rings. The lowest BCUT2D eigenvalue weighted by Crippen LogP contribution is -2.08. The quantitative estimate of drug-likeness (QED) is 0.624. The molecule has 1 aromatic carbocycles. The van der Waals surface area contributed by atoms with Crippen LogP contribution in [0.15, 0.2) is 24.4 Å². The fraction of sp³-hybridized carbons (Fsp3) is 0. The van der Waals surface area contributed by atoms with Gasteiger partial charge in [-0.2, -0.15) is 0 Å². The number of nitrogens with zero attached hydrogens (tertiary/aromatic N) is 1. The molecular formula is C10H7F2N3S. The third kappa shape index (κ3) is 1.79. The van der Waals surface area contributed by atoms with E-state index in [1.165, 1.54) is 12.3 Å². The molecular weight excluding hydrogens is 232 g/mol. The van der Waals surface area contributed by atoms with Gasteiger partial charge < -0.3 is 5.73 Å². The maximum Gasteiger partial charge on any atom is 0.136 e. The topological polar surface area (TPSA) is 62.8 Å². The molecule has 0 aliphatic rings. The summed E-state index contributed by atoms with van der Waals surface area (Å²) in [5.41, 5.74) is 5.07. The second kappa shape index (κ2) is 3.97. The summed E-state index contributed by atoms with van der Waals surface area (Å²) in [4.78, 5) is 4.23. The molecule has 1 heterocycles. The molecule has 0 amide bonds. The first-order chi connectivity index (χ1) is 7.59. The number of nitrogens with one attached hydrogen (secondary N) is 1. The summed E-state index contributed by atoms with van der Waals surface area (Å²) < 4.78 is 26.8. The van der Waals surface area contributed by atoms with Gasteiger partial charge >= 0.3 is 0 Å². The molecule has 0 radical (unpaired) electrons. The Bertz CT molecular complexity index is 530. The standard InChI is InChI=1S/C10H7F2N3S/c11-5-2-1-3-6(12)8(5)10-15-4-7(16-10)9(13)14/h1-4H,(H3,13,14). The molecule has 2 rings (SSSR count). The molecule has 6 heteroatoms. The van der Waals surface area contributed by atoms with Gasteiger partial charge in [-0.15, -0.1) is 11.3 Å². The number of thiazole rings is 1. The molecule has 0 bridgehead atoms. The van der Waals surface area contributed by atoms with Gasteiger partial charge in [0.05, 0.1) is 10.4 Å². The van der Waals surface area contributed by atoms with Crippen molar-refractivity contribution < 1.29 is 8.78 Å². The molecule has 0 spiro atoms. The van der Waals surface area contributed by atoms with Gasteiger partial charge in [0, 0.05) is 6.20 Å². The van der Waals surface area contributed by atoms with Crippen molar-refractivity contribution in [1.82, 2.24) is 4.98 Å². The minimum atomic E-state index is -0.676. The number of benzene rings is 1. The molecule has 0 fully saturated rings. The van der Waals surface area contributed by atoms with E-state index >= 15 is 0 Å². The van der Waals surface area contributed by atoms with Crippen molar-refractivity contribution in [3.8, 4) is 10.6 Å². The van der Waals surface area contributed by atoms with E-state index in [1.54, 1.807) is 0 Å². The lowest BCUT2D eigenvalue weighted by atomic mass is 10.2. The lowest BCUT2D eigenvalue weighted by molar-refractivity contribution is 0.589. The second-order valence-corrected chi connectivity index (χ2v) is 4.07. The Morgan fingerprint density at radius 2 is 1.94 bits per heavy atom. The number of rotatable bonds is 2. The van der Waals surface area contributed by atoms with Crippen LogP contribution in [0.25, 0.3) is 10.6 Å². The molecule has 82 valence electrons. The van der Waals surface area contributed by atoms with Crippen LogP contribution in [0.4, 0.5) is 8.78 Å². The van der Waals surface area contributed by atoms with Gasteiger partial charge in [-0.25, -0.2) is 13.8 Å². The highest BCUT2D eigenvalue weighted by Crippen LogP contribution is 2.29. The zero-order chi connectivity index (χ0) is 11.7. The molecule has 16 heavy (non-hydrogen) atoms. The Kier molecular flexibility index (Phi) is 2.66. The Labute approximate surface area is 94.1 Å². The number of aromatic nitrogens is 1. The van der Waals surface area contributed by atoms with Gasteiger partial charge in [0.2, 0.25) is 0 Å². The van der Waals surface area contributed by atoms with E-state index in [1.807, 2.05) is 0 Å². The summed E-state index contributed by atoms with van der Waals surface area (Å²) in [5.74, 6) is -1.52. The fourth-order valence-corrected chi connectivity index (χ4v) is 2.04. The highest BCUT2D eigenvalue weighted by atomic mass is 32.1. The van der Waals surface area contributed by atoms with Crippen LogP contribution in [0.1, 0.15) is 4.88 Å². The first-order valence-corrected chi connectivity index (χ1v) is 5.16. The largest absolute Gasteiger partial charge is 0.383 e. The van der Waals surface area contributed by atoms with Crippen molar-refractivity contribution in [1.29, 1.82) is 5.41 Å². The predicted molar refractivity (Wildman–Crippen MR) is 58.5 cm³/mol. The lowest BCUT2D eigenvalue weighted by Gasteiger charge is -1.99. The molecule has 0 atom stereocenters. The second-order valence-electron chi connectivity index (χ2n) is 3.04. The molecule has 1 aromatic heterocycles. The molecule has 0 saturated carbocycles. The maximum absolute atomic E-state index is 13.4. The van der Waals surface area contributed by atoms with Crippen molar-refractivity contribution in [3.63, 3.8) is 0 Å². The highest BCUT2D eigenvalue weighted by molar-refractivity contribution is 7.16. The molecule has 0 saturated heterocycles. The molecule has 3 nitrogen and oxygen atoms in total. The number of amidine groups is 1. The fourth-order valence-electron chi connectivity index (χ4n) is 1.22. The first kappa shape index (κ1) is 10.7. The van der Waals surface area contributed by atoms with Crippen molar-refractivity contribution >= 4 is 17.2 Å². The Morgan fingerprint density at radius 1 is 1.31 bits per heavy atom. The third-order valence-electron chi connectivity index (χ3n) is 1.95. The average Bonchev–Trinajstić information content (AvgIpc) is 2.66. The van der Waals surface area contributed by atoms with Crippen LogP contribution < -0.4 is 5.73 Å². The van der Waals surface area contributed by atoms with Crippen LogP contribution in [0.2, 0.25) is 0 Å². The molecule has 0 aliphatic carbocycles. The smallest absolute Gasteiger partial charge is 0.136 e. The third-order valence-corrected chi connectivity index (χ3v) is 3.00. The number of nitrogen functional groups attached to an aromatic ring is 1. The van der Waals surface area contributed by atoms with E-state index < -0.39 is 11.6 Å². The van der Waals surface area contributed by atoms with E-state index in [4.69, 9.17) is 11.1 Å². The van der Waals surface area contributed by atoms with Crippen molar-refractivity contribution in [2.45, 2.75) is 0 Å². The van der Waals surface area contributed by atoms with E-state index in [2.05, 4.69) is 4.98 Å². The summed E-state index contributed by atoms with van der Waals surface area (Å²) in [5, 5.41) is 7.36. The summed E-state index contributed by atoms with van der Waals surface area (Å²) in [7, 11) is 0. The Hall–Kier alpha value is -1.82. The molecule has 0 aliphatic heterocycles. The first-order valence-electron chi connectivity index (χ1n) is 4.34. The summed E-state index contributed by atoms with van der Waals surface area (Å²) >= 11 is 0.982. The monoisotopic (exact) mass is 239 g/mol. The van der Waals surface area contributed by atoms with Crippen LogP contribution in [0.3, 0.4) is 0 Å². The number of hydrogen-bond donors (Lipinski definition) is 2. The maximum atomic E-state index is 13.4. The minimum absolute atomic E-state index is 0.166. The average molecular weight is 239 g/mol. The normalized spacial score (nSPS) is 10.4. The van der Waals surface area contributed by atoms with E-state index in [9.17, 15) is 8.78 Å². The zero-order valence-electron chi connectivity index (χ0n) is 8.00. The number of halogens is 2. The SMILES string of the molecule is N=C(N)c1cnc(-c2c(F)cccc2F)s1. The van der Waals surface area contributed by atoms with Crippen LogP contribution in [0, 0.1) is 17.0 Å². The Morgan fingerprint density at radius 3 is 2.44 bits per heavy atom. The summed E-state index contributed by atoms with van der Waals surface area (Å²) in [6.07, 6.45) is 1.33. The van der Waals surface area contributed by atoms with Gasteiger partial charge in [-0.3, -0.25) is 5.41 Å². The van der Waals surface area contributed by atoms with Crippen molar-refractivity contribution in [2.24, 2.45) is 5.73 Å². The van der Waals surface area contributed by atoms with Crippen molar-refractivity contribution in [3.05, 3.63) is 40.9 Å². The van der Waals surface area contributed by atoms with E-state index in [-0.39, 0.29) is 16.4 Å². The molecule has 0 unspecified atom stereocenters. The Balaban J connectivity index is 2.54. The number of hydrogen-bond acceptors (Lipinski definition) is 3. The molecule has 3 N–H and O–H groups in total. The van der Waals surface area contributed by atoms with E-state index in [0.29, 0.717) is 4.88 Å². The van der Waals surface area contributed by atoms with Gasteiger partial charge in [-0.1, -0.05) is 6.07 Å². The van der Waals surface area contributed by atoms with Gasteiger partial charge in [-0.05, 0) is 12.1 Å². The minimum Gasteiger partial charge on any atom is -0.383 e. The van der Waals surface area contributed by atoms with Gasteiger partial charge in [0.15, 0.2) is 0 Å².